The normalized spacial score (nSPS) is 12.3. The molecule has 0 saturated heterocycles. The molecule has 0 radical (unpaired) electrons. The number of pyridine rings is 1. The number of nitrogens with one attached hydrogen (secondary N) is 1. The van der Waals surface area contributed by atoms with Gasteiger partial charge in [-0.2, -0.15) is 0 Å². The maximum Gasteiger partial charge on any atom is 0.357 e. The van der Waals surface area contributed by atoms with Crippen molar-refractivity contribution in [2.24, 2.45) is 0 Å². The molecule has 1 atom stereocenters. The molecule has 0 spiro atoms. The lowest BCUT2D eigenvalue weighted by molar-refractivity contribution is 0.0314. The molecule has 2 aromatic heterocycles. The lowest BCUT2D eigenvalue weighted by Crippen LogP contribution is -2.12. The van der Waals surface area contributed by atoms with E-state index in [0.717, 1.165) is 21.8 Å². The summed E-state index contributed by atoms with van der Waals surface area (Å²) in [5.74, 6) is 0.365. The summed E-state index contributed by atoms with van der Waals surface area (Å²) in [4.78, 5) is 24.5. The molecule has 0 aliphatic heterocycles. The molecule has 1 N–H and O–H groups in total. The second-order valence-corrected chi connectivity index (χ2v) is 6.51. The Labute approximate surface area is 160 Å². The van der Waals surface area contributed by atoms with Gasteiger partial charge in [-0.3, -0.25) is 0 Å². The van der Waals surface area contributed by atoms with Crippen molar-refractivity contribution in [3.8, 4) is 5.88 Å². The molecule has 2 aromatic carbocycles. The number of hydrogen-bond donors (Lipinski definition) is 1. The molecule has 27 heavy (non-hydrogen) atoms. The van der Waals surface area contributed by atoms with Crippen LogP contribution in [0.25, 0.3) is 21.8 Å². The van der Waals surface area contributed by atoms with Gasteiger partial charge in [-0.05, 0) is 42.6 Å². The standard InChI is InChI=1S/C20H16ClN3O3/c1-11(18-22-15-8-7-13(21)10-16(15)23-18)27-20(25)17-9-12-5-3-4-6-14(12)19(24-17)26-2/h3-11H,1-2H3,(H,22,23)/t11-/m0/s1. The van der Waals surface area contributed by atoms with E-state index in [4.69, 9.17) is 21.1 Å². The van der Waals surface area contributed by atoms with Crippen LogP contribution in [-0.4, -0.2) is 28.0 Å². The van der Waals surface area contributed by atoms with Crippen molar-refractivity contribution < 1.29 is 14.3 Å². The minimum atomic E-state index is -0.581. The van der Waals surface area contributed by atoms with Gasteiger partial charge in [0.05, 0.1) is 18.1 Å². The highest BCUT2D eigenvalue weighted by atomic mass is 35.5. The van der Waals surface area contributed by atoms with Crippen LogP contribution < -0.4 is 4.74 Å². The topological polar surface area (TPSA) is 77.1 Å². The van der Waals surface area contributed by atoms with E-state index in [9.17, 15) is 4.79 Å². The fourth-order valence-corrected chi connectivity index (χ4v) is 3.07. The number of ether oxygens (including phenoxy) is 2. The number of carbonyl (C=O) groups is 1. The van der Waals surface area contributed by atoms with Gasteiger partial charge in [-0.15, -0.1) is 0 Å². The number of carbonyl (C=O) groups excluding carboxylic acids is 1. The first-order valence-corrected chi connectivity index (χ1v) is 8.73. The third-order valence-corrected chi connectivity index (χ3v) is 4.47. The molecule has 2 heterocycles. The molecule has 4 rings (SSSR count). The van der Waals surface area contributed by atoms with Crippen LogP contribution in [0.2, 0.25) is 5.02 Å². The Bertz CT molecular complexity index is 1160. The number of hydrogen-bond acceptors (Lipinski definition) is 5. The first-order chi connectivity index (χ1) is 13.0. The first-order valence-electron chi connectivity index (χ1n) is 8.35. The molecule has 7 heteroatoms. The zero-order valence-electron chi connectivity index (χ0n) is 14.7. The van der Waals surface area contributed by atoms with Crippen molar-refractivity contribution in [3.05, 3.63) is 65.1 Å². The van der Waals surface area contributed by atoms with E-state index in [0.29, 0.717) is 16.7 Å². The van der Waals surface area contributed by atoms with E-state index in [1.807, 2.05) is 30.3 Å². The highest BCUT2D eigenvalue weighted by Crippen LogP contribution is 2.26. The maximum atomic E-state index is 12.6. The van der Waals surface area contributed by atoms with E-state index >= 15 is 0 Å². The Morgan fingerprint density at radius 2 is 1.96 bits per heavy atom. The first kappa shape index (κ1) is 17.3. The minimum absolute atomic E-state index is 0.177. The highest BCUT2D eigenvalue weighted by Gasteiger charge is 2.19. The van der Waals surface area contributed by atoms with Crippen molar-refractivity contribution in [1.82, 2.24) is 15.0 Å². The molecule has 4 aromatic rings. The number of imidazole rings is 1. The Hall–Kier alpha value is -3.12. The molecule has 0 unspecified atom stereocenters. The zero-order chi connectivity index (χ0) is 19.0. The monoisotopic (exact) mass is 381 g/mol. The molecule has 0 amide bonds. The number of aromatic nitrogens is 3. The summed E-state index contributed by atoms with van der Waals surface area (Å²) in [7, 11) is 1.52. The number of halogens is 1. The van der Waals surface area contributed by atoms with E-state index in [1.54, 1.807) is 25.1 Å². The predicted molar refractivity (Wildman–Crippen MR) is 103 cm³/mol. The number of esters is 1. The molecule has 0 fully saturated rings. The molecule has 0 aliphatic rings. The number of methoxy groups -OCH3 is 1. The van der Waals surface area contributed by atoms with Crippen molar-refractivity contribution in [1.29, 1.82) is 0 Å². The third-order valence-electron chi connectivity index (χ3n) is 4.24. The summed E-state index contributed by atoms with van der Waals surface area (Å²) in [6, 6.07) is 14.6. The fraction of sp³-hybridized carbons (Fsp3) is 0.150. The molecule has 6 nitrogen and oxygen atoms in total. The van der Waals surface area contributed by atoms with Crippen molar-refractivity contribution in [2.75, 3.05) is 7.11 Å². The van der Waals surface area contributed by atoms with Gasteiger partial charge in [0.15, 0.2) is 11.8 Å². The molecule has 0 bridgehead atoms. The summed E-state index contributed by atoms with van der Waals surface area (Å²) >= 11 is 5.99. The molecule has 0 saturated carbocycles. The van der Waals surface area contributed by atoms with Crippen LogP contribution in [0.3, 0.4) is 0 Å². The summed E-state index contributed by atoms with van der Waals surface area (Å²) in [5.41, 5.74) is 1.71. The van der Waals surface area contributed by atoms with Crippen molar-refractivity contribution in [3.63, 3.8) is 0 Å². The summed E-state index contributed by atoms with van der Waals surface area (Å²) < 4.78 is 10.9. The van der Waals surface area contributed by atoms with Gasteiger partial charge in [0.25, 0.3) is 0 Å². The second kappa shape index (κ2) is 6.89. The molecular weight excluding hydrogens is 366 g/mol. The van der Waals surface area contributed by atoms with Crippen LogP contribution in [0, 0.1) is 0 Å². The van der Waals surface area contributed by atoms with Gasteiger partial charge in [0, 0.05) is 10.4 Å². The van der Waals surface area contributed by atoms with Crippen molar-refractivity contribution in [2.45, 2.75) is 13.0 Å². The van der Waals surface area contributed by atoms with E-state index in [2.05, 4.69) is 15.0 Å². The highest BCUT2D eigenvalue weighted by molar-refractivity contribution is 6.31. The average Bonchev–Trinajstić information content (AvgIpc) is 3.10. The van der Waals surface area contributed by atoms with Gasteiger partial charge in [-0.25, -0.2) is 14.8 Å². The fourth-order valence-electron chi connectivity index (χ4n) is 2.90. The summed E-state index contributed by atoms with van der Waals surface area (Å²) in [6.45, 7) is 1.75. The smallest absolute Gasteiger partial charge is 0.357 e. The van der Waals surface area contributed by atoms with Gasteiger partial charge in [-0.1, -0.05) is 29.8 Å². The number of benzene rings is 2. The second-order valence-electron chi connectivity index (χ2n) is 6.07. The Morgan fingerprint density at radius 1 is 1.15 bits per heavy atom. The Morgan fingerprint density at radius 3 is 2.78 bits per heavy atom. The van der Waals surface area contributed by atoms with Crippen LogP contribution in [0.1, 0.15) is 29.3 Å². The van der Waals surface area contributed by atoms with Crippen LogP contribution in [0.15, 0.2) is 48.5 Å². The Kier molecular flexibility index (Phi) is 4.41. The quantitative estimate of drug-likeness (QED) is 0.519. The van der Waals surface area contributed by atoms with Crippen LogP contribution in [0.4, 0.5) is 0 Å². The SMILES string of the molecule is COc1nc(C(=O)O[C@@H](C)c2nc3ccc(Cl)cc3[nH]2)cc2ccccc12. The molecular formula is C20H16ClN3O3. The number of nitrogens with zero attached hydrogens (tertiary/aromatic N) is 2. The van der Waals surface area contributed by atoms with Crippen LogP contribution in [0.5, 0.6) is 5.88 Å². The molecule has 0 aliphatic carbocycles. The van der Waals surface area contributed by atoms with E-state index in [-0.39, 0.29) is 5.69 Å². The average molecular weight is 382 g/mol. The van der Waals surface area contributed by atoms with Gasteiger partial charge < -0.3 is 14.5 Å². The number of rotatable bonds is 4. The minimum Gasteiger partial charge on any atom is -0.481 e. The largest absolute Gasteiger partial charge is 0.481 e. The maximum absolute atomic E-state index is 12.6. The van der Waals surface area contributed by atoms with Gasteiger partial charge >= 0.3 is 5.97 Å². The van der Waals surface area contributed by atoms with Gasteiger partial charge in [0.2, 0.25) is 5.88 Å². The Balaban J connectivity index is 1.61. The predicted octanol–water partition coefficient (Wildman–Crippen LogP) is 4.69. The third kappa shape index (κ3) is 3.31. The lowest BCUT2D eigenvalue weighted by atomic mass is 10.1. The van der Waals surface area contributed by atoms with Gasteiger partial charge in [0.1, 0.15) is 5.82 Å². The van der Waals surface area contributed by atoms with Crippen LogP contribution >= 0.6 is 11.6 Å². The van der Waals surface area contributed by atoms with Crippen molar-refractivity contribution >= 4 is 39.4 Å². The zero-order valence-corrected chi connectivity index (χ0v) is 15.4. The number of fused-ring (bicyclic) bond motifs is 2. The summed E-state index contributed by atoms with van der Waals surface area (Å²) in [6.07, 6.45) is -0.581. The van der Waals surface area contributed by atoms with Crippen LogP contribution in [-0.2, 0) is 4.74 Å². The summed E-state index contributed by atoms with van der Waals surface area (Å²) in [5, 5.41) is 2.29. The van der Waals surface area contributed by atoms with E-state index in [1.165, 1.54) is 7.11 Å². The number of H-pyrrole nitrogens is 1. The van der Waals surface area contributed by atoms with E-state index < -0.39 is 12.1 Å². The number of aromatic amines is 1. The lowest BCUT2D eigenvalue weighted by Gasteiger charge is -2.12. The molecule has 136 valence electrons.